The zero-order valence-electron chi connectivity index (χ0n) is 13.3. The molecule has 0 unspecified atom stereocenters. The second-order valence-electron chi connectivity index (χ2n) is 4.94. The third kappa shape index (κ3) is 4.90. The molecule has 0 spiro atoms. The normalized spacial score (nSPS) is 15.0. The lowest BCUT2D eigenvalue weighted by Crippen LogP contribution is -2.38. The summed E-state index contributed by atoms with van der Waals surface area (Å²) in [6.07, 6.45) is -1.16. The zero-order valence-corrected chi connectivity index (χ0v) is 13.3. The van der Waals surface area contributed by atoms with E-state index in [1.54, 1.807) is 12.1 Å². The van der Waals surface area contributed by atoms with E-state index in [0.29, 0.717) is 29.5 Å². The molecule has 2 N–H and O–H groups in total. The van der Waals surface area contributed by atoms with Crippen LogP contribution in [-0.2, 0) is 4.74 Å². The summed E-state index contributed by atoms with van der Waals surface area (Å²) in [5.74, 6) is 1.27. The number of nitrogens with zero attached hydrogens (tertiary/aromatic N) is 1. The highest BCUT2D eigenvalue weighted by Crippen LogP contribution is 2.40. The van der Waals surface area contributed by atoms with Crippen LogP contribution in [0.2, 0.25) is 0 Å². The molecule has 1 aromatic rings. The second kappa shape index (κ2) is 8.44. The van der Waals surface area contributed by atoms with E-state index in [2.05, 4.69) is 10.2 Å². The van der Waals surface area contributed by atoms with Crippen molar-refractivity contribution < 1.29 is 28.8 Å². The molecule has 0 radical (unpaired) electrons. The van der Waals surface area contributed by atoms with Crippen molar-refractivity contribution in [2.75, 3.05) is 59.0 Å². The maximum atomic E-state index is 10.8. The van der Waals surface area contributed by atoms with E-state index in [1.165, 1.54) is 14.2 Å². The Balaban J connectivity index is 2.06. The summed E-state index contributed by atoms with van der Waals surface area (Å²) in [5.41, 5.74) is 0.358. The minimum Gasteiger partial charge on any atom is -0.493 e. The van der Waals surface area contributed by atoms with Crippen LogP contribution in [0.4, 0.5) is 10.5 Å². The van der Waals surface area contributed by atoms with Crippen molar-refractivity contribution in [3.05, 3.63) is 12.1 Å². The van der Waals surface area contributed by atoms with E-state index in [-0.39, 0.29) is 0 Å². The quantitative estimate of drug-likeness (QED) is 0.785. The topological polar surface area (TPSA) is 89.5 Å². The van der Waals surface area contributed by atoms with Crippen LogP contribution in [0.3, 0.4) is 0 Å². The highest BCUT2D eigenvalue weighted by Gasteiger charge is 2.16. The fourth-order valence-corrected chi connectivity index (χ4v) is 2.34. The van der Waals surface area contributed by atoms with E-state index in [0.717, 1.165) is 32.8 Å². The molecule has 1 fully saturated rings. The Hall–Kier alpha value is -2.19. The number of methoxy groups -OCH3 is 2. The Morgan fingerprint density at radius 2 is 1.96 bits per heavy atom. The van der Waals surface area contributed by atoms with E-state index >= 15 is 0 Å². The summed E-state index contributed by atoms with van der Waals surface area (Å²) in [5, 5.41) is 11.1. The predicted molar refractivity (Wildman–Crippen MR) is 83.9 cm³/mol. The van der Waals surface area contributed by atoms with Crippen molar-refractivity contribution in [3.63, 3.8) is 0 Å². The molecule has 0 saturated carbocycles. The fraction of sp³-hybridized carbons (Fsp3) is 0.533. The molecule has 23 heavy (non-hydrogen) atoms. The average molecular weight is 326 g/mol. The summed E-state index contributed by atoms with van der Waals surface area (Å²) in [6, 6.07) is 3.12. The van der Waals surface area contributed by atoms with Gasteiger partial charge >= 0.3 is 6.09 Å². The molecular formula is C15H22N2O6. The molecular weight excluding hydrogens is 304 g/mol. The van der Waals surface area contributed by atoms with Crippen molar-refractivity contribution >= 4 is 11.8 Å². The molecule has 1 heterocycles. The highest BCUT2D eigenvalue weighted by atomic mass is 16.5. The molecule has 0 atom stereocenters. The molecule has 1 amide bonds. The lowest BCUT2D eigenvalue weighted by atomic mass is 10.2. The summed E-state index contributed by atoms with van der Waals surface area (Å²) in [4.78, 5) is 13.1. The molecule has 1 aliphatic rings. The second-order valence-corrected chi connectivity index (χ2v) is 4.94. The first-order valence-electron chi connectivity index (χ1n) is 7.33. The van der Waals surface area contributed by atoms with Crippen molar-refractivity contribution in [2.45, 2.75) is 0 Å². The number of carbonyl (C=O) groups is 1. The van der Waals surface area contributed by atoms with Crippen LogP contribution >= 0.6 is 0 Å². The molecule has 128 valence electrons. The van der Waals surface area contributed by atoms with E-state index < -0.39 is 6.09 Å². The number of benzene rings is 1. The first-order chi connectivity index (χ1) is 11.1. The maximum absolute atomic E-state index is 10.8. The largest absolute Gasteiger partial charge is 0.493 e. The van der Waals surface area contributed by atoms with Gasteiger partial charge in [0.15, 0.2) is 11.5 Å². The van der Waals surface area contributed by atoms with Crippen LogP contribution in [0.1, 0.15) is 0 Å². The lowest BCUT2D eigenvalue weighted by molar-refractivity contribution is 0.0321. The molecule has 0 aliphatic carbocycles. The van der Waals surface area contributed by atoms with Crippen molar-refractivity contribution in [1.29, 1.82) is 0 Å². The van der Waals surface area contributed by atoms with Gasteiger partial charge in [-0.15, -0.1) is 0 Å². The number of carboxylic acid groups (broad SMARTS) is 1. The first-order valence-corrected chi connectivity index (χ1v) is 7.33. The van der Waals surface area contributed by atoms with Crippen LogP contribution in [0.25, 0.3) is 0 Å². The first kappa shape index (κ1) is 17.2. The Kier molecular flexibility index (Phi) is 6.30. The monoisotopic (exact) mass is 326 g/mol. The van der Waals surface area contributed by atoms with Gasteiger partial charge in [-0.25, -0.2) is 4.79 Å². The minimum absolute atomic E-state index is 0.358. The Morgan fingerprint density at radius 1 is 1.26 bits per heavy atom. The average Bonchev–Trinajstić information content (AvgIpc) is 2.54. The van der Waals surface area contributed by atoms with Gasteiger partial charge in [-0.2, -0.15) is 0 Å². The van der Waals surface area contributed by atoms with Gasteiger partial charge in [-0.05, 0) is 0 Å². The number of amides is 1. The van der Waals surface area contributed by atoms with Gasteiger partial charge in [0.25, 0.3) is 0 Å². The Labute approximate surface area is 134 Å². The smallest absolute Gasteiger partial charge is 0.409 e. The Bertz CT molecular complexity index is 531. The number of ether oxygens (including phenoxy) is 4. The minimum atomic E-state index is -1.16. The molecule has 2 rings (SSSR count). The molecule has 8 nitrogen and oxygen atoms in total. The van der Waals surface area contributed by atoms with Crippen LogP contribution in [0.15, 0.2) is 12.1 Å². The molecule has 1 aromatic carbocycles. The number of hydrogen-bond donors (Lipinski definition) is 2. The maximum Gasteiger partial charge on any atom is 0.409 e. The van der Waals surface area contributed by atoms with Crippen molar-refractivity contribution in [3.8, 4) is 17.2 Å². The predicted octanol–water partition coefficient (Wildman–Crippen LogP) is 1.50. The summed E-state index contributed by atoms with van der Waals surface area (Å²) >= 11 is 0. The van der Waals surface area contributed by atoms with Crippen molar-refractivity contribution in [1.82, 2.24) is 4.90 Å². The van der Waals surface area contributed by atoms with Gasteiger partial charge in [0.1, 0.15) is 6.61 Å². The third-order valence-electron chi connectivity index (χ3n) is 3.46. The fourth-order valence-electron chi connectivity index (χ4n) is 2.34. The molecule has 1 saturated heterocycles. The molecule has 1 aliphatic heterocycles. The van der Waals surface area contributed by atoms with Crippen LogP contribution in [-0.4, -0.2) is 69.8 Å². The molecule has 0 bridgehead atoms. The number of rotatable bonds is 7. The highest BCUT2D eigenvalue weighted by molar-refractivity contribution is 5.84. The lowest BCUT2D eigenvalue weighted by Gasteiger charge is -2.26. The third-order valence-corrected chi connectivity index (χ3v) is 3.46. The number of morpholine rings is 1. The molecule has 0 aromatic heterocycles. The number of nitrogens with one attached hydrogen (secondary N) is 1. The van der Waals surface area contributed by atoms with Gasteiger partial charge in [-0.3, -0.25) is 10.2 Å². The zero-order chi connectivity index (χ0) is 16.7. The summed E-state index contributed by atoms with van der Waals surface area (Å²) < 4.78 is 21.6. The summed E-state index contributed by atoms with van der Waals surface area (Å²) in [7, 11) is 3.00. The Morgan fingerprint density at radius 3 is 2.57 bits per heavy atom. The van der Waals surface area contributed by atoms with E-state index in [1.807, 2.05) is 0 Å². The van der Waals surface area contributed by atoms with Crippen LogP contribution in [0, 0.1) is 0 Å². The number of anilines is 1. The van der Waals surface area contributed by atoms with Gasteiger partial charge in [0.05, 0.1) is 33.1 Å². The number of hydrogen-bond acceptors (Lipinski definition) is 6. The van der Waals surface area contributed by atoms with E-state index in [9.17, 15) is 4.79 Å². The van der Waals surface area contributed by atoms with Gasteiger partial charge in [-0.1, -0.05) is 0 Å². The van der Waals surface area contributed by atoms with Gasteiger partial charge < -0.3 is 24.1 Å². The van der Waals surface area contributed by atoms with Crippen LogP contribution < -0.4 is 19.5 Å². The standard InChI is InChI=1S/C15H22N2O6/c1-20-12-9-11(16-15(18)19)10-13(14(12)21-2)23-8-5-17-3-6-22-7-4-17/h9-10,16H,3-8H2,1-2H3,(H,18,19). The van der Waals surface area contributed by atoms with Crippen LogP contribution in [0.5, 0.6) is 17.2 Å². The summed E-state index contributed by atoms with van der Waals surface area (Å²) in [6.45, 7) is 4.43. The van der Waals surface area contributed by atoms with Crippen molar-refractivity contribution in [2.24, 2.45) is 0 Å². The van der Waals surface area contributed by atoms with Gasteiger partial charge in [0, 0.05) is 31.8 Å². The van der Waals surface area contributed by atoms with Gasteiger partial charge in [0.2, 0.25) is 5.75 Å². The molecule has 8 heteroatoms. The SMILES string of the molecule is COc1cc(NC(=O)O)cc(OCCN2CCOCC2)c1OC. The van der Waals surface area contributed by atoms with E-state index in [4.69, 9.17) is 24.1 Å².